The maximum atomic E-state index is 11.4. The molecule has 102 valence electrons. The van der Waals surface area contributed by atoms with Crippen LogP contribution in [0.2, 0.25) is 0 Å². The molecule has 1 rings (SSSR count). The number of urea groups is 1. The Balaban J connectivity index is 3.29. The number of nitro benzene ring substituents is 1. The van der Waals surface area contributed by atoms with Crippen molar-refractivity contribution >= 4 is 23.7 Å². The molecule has 3 amide bonds. The molecule has 0 atom stereocenters. The number of nitriles is 1. The van der Waals surface area contributed by atoms with E-state index in [-0.39, 0.29) is 11.3 Å². The molecule has 1 aromatic carbocycles. The molecule has 0 radical (unpaired) electrons. The number of phenolic OH excluding ortho intramolecular Hbond substituents is 1. The smallest absolute Gasteiger partial charge is 0.319 e. The predicted molar refractivity (Wildman–Crippen MR) is 66.1 cm³/mol. The van der Waals surface area contributed by atoms with E-state index in [1.807, 2.05) is 0 Å². The number of nitrogens with one attached hydrogen (secondary N) is 1. The first-order valence-corrected chi connectivity index (χ1v) is 5.05. The van der Waals surface area contributed by atoms with Crippen molar-refractivity contribution in [2.45, 2.75) is 0 Å². The summed E-state index contributed by atoms with van der Waals surface area (Å²) in [6, 6.07) is 3.42. The number of nitrogens with two attached hydrogens (primary N) is 1. The van der Waals surface area contributed by atoms with E-state index in [0.717, 1.165) is 24.3 Å². The second-order valence-corrected chi connectivity index (χ2v) is 3.49. The number of amides is 3. The molecule has 0 aliphatic carbocycles. The van der Waals surface area contributed by atoms with E-state index in [4.69, 9.17) is 11.0 Å². The van der Waals surface area contributed by atoms with Crippen LogP contribution in [-0.2, 0) is 4.79 Å². The number of nitrogens with zero attached hydrogens (tertiary/aromatic N) is 2. The first kappa shape index (κ1) is 14.7. The molecule has 0 saturated heterocycles. The summed E-state index contributed by atoms with van der Waals surface area (Å²) in [4.78, 5) is 32.0. The fourth-order valence-corrected chi connectivity index (χ4v) is 1.31. The van der Waals surface area contributed by atoms with E-state index < -0.39 is 28.1 Å². The van der Waals surface area contributed by atoms with Crippen molar-refractivity contribution in [2.24, 2.45) is 5.73 Å². The normalized spacial score (nSPS) is 10.4. The molecule has 0 heterocycles. The number of primary amides is 1. The third-order valence-corrected chi connectivity index (χ3v) is 2.11. The number of rotatable bonds is 3. The number of hydrogen-bond acceptors (Lipinski definition) is 6. The van der Waals surface area contributed by atoms with Gasteiger partial charge in [-0.05, 0) is 18.2 Å². The number of carbonyl (C=O) groups is 2. The number of carbonyl (C=O) groups excluding carboxylic acids is 2. The summed E-state index contributed by atoms with van der Waals surface area (Å²) in [6.45, 7) is 0. The number of phenols is 1. The first-order chi connectivity index (χ1) is 9.35. The highest BCUT2D eigenvalue weighted by atomic mass is 16.6. The Morgan fingerprint density at radius 3 is 2.65 bits per heavy atom. The molecule has 0 aliphatic heterocycles. The summed E-state index contributed by atoms with van der Waals surface area (Å²) in [5.74, 6) is -1.38. The van der Waals surface area contributed by atoms with Crippen molar-refractivity contribution in [1.29, 1.82) is 5.26 Å². The zero-order valence-corrected chi connectivity index (χ0v) is 9.86. The van der Waals surface area contributed by atoms with Gasteiger partial charge >= 0.3 is 6.03 Å². The Labute approximate surface area is 112 Å². The molecule has 20 heavy (non-hydrogen) atoms. The lowest BCUT2D eigenvalue weighted by atomic mass is 10.1. The topological polar surface area (TPSA) is 159 Å². The van der Waals surface area contributed by atoms with Crippen molar-refractivity contribution in [3.63, 3.8) is 0 Å². The van der Waals surface area contributed by atoms with Gasteiger partial charge in [0.05, 0.1) is 10.5 Å². The molecule has 0 fully saturated rings. The molecular formula is C11H8N4O5. The highest BCUT2D eigenvalue weighted by molar-refractivity contribution is 6.08. The number of imide groups is 1. The van der Waals surface area contributed by atoms with Crippen molar-refractivity contribution < 1.29 is 19.6 Å². The van der Waals surface area contributed by atoms with Gasteiger partial charge in [-0.3, -0.25) is 20.2 Å². The molecular weight excluding hydrogens is 268 g/mol. The van der Waals surface area contributed by atoms with Crippen LogP contribution in [0.15, 0.2) is 23.8 Å². The molecule has 0 spiro atoms. The zero-order valence-electron chi connectivity index (χ0n) is 9.86. The molecule has 4 N–H and O–H groups in total. The van der Waals surface area contributed by atoms with Crippen molar-refractivity contribution in [1.82, 2.24) is 5.32 Å². The van der Waals surface area contributed by atoms with E-state index in [2.05, 4.69) is 0 Å². The van der Waals surface area contributed by atoms with Gasteiger partial charge in [-0.15, -0.1) is 0 Å². The highest BCUT2D eigenvalue weighted by Crippen LogP contribution is 2.25. The van der Waals surface area contributed by atoms with Crippen LogP contribution in [0.3, 0.4) is 0 Å². The Morgan fingerprint density at radius 1 is 1.50 bits per heavy atom. The zero-order chi connectivity index (χ0) is 15.3. The lowest BCUT2D eigenvalue weighted by molar-refractivity contribution is -0.385. The van der Waals surface area contributed by atoms with Crippen LogP contribution in [0.1, 0.15) is 5.56 Å². The SMILES string of the molecule is N#C/C(=C/c1cc(O)ccc1[N+](=O)[O-])C(=O)NC(N)=O. The quantitative estimate of drug-likeness (QED) is 0.313. The Kier molecular flexibility index (Phi) is 4.37. The molecule has 0 saturated carbocycles. The molecule has 1 aromatic rings. The fraction of sp³-hybridized carbons (Fsp3) is 0. The third kappa shape index (κ3) is 3.54. The van der Waals surface area contributed by atoms with Gasteiger partial charge in [-0.2, -0.15) is 5.26 Å². The third-order valence-electron chi connectivity index (χ3n) is 2.11. The summed E-state index contributed by atoms with van der Waals surface area (Å²) in [5, 5.41) is 30.5. The van der Waals surface area contributed by atoms with E-state index in [0.29, 0.717) is 0 Å². The van der Waals surface area contributed by atoms with E-state index in [1.165, 1.54) is 6.07 Å². The lowest BCUT2D eigenvalue weighted by Gasteiger charge is -2.01. The van der Waals surface area contributed by atoms with Gasteiger partial charge in [-0.1, -0.05) is 0 Å². The van der Waals surface area contributed by atoms with Crippen LogP contribution in [0, 0.1) is 21.4 Å². The summed E-state index contributed by atoms with van der Waals surface area (Å²) in [7, 11) is 0. The minimum absolute atomic E-state index is 0.161. The van der Waals surface area contributed by atoms with Gasteiger partial charge in [0.15, 0.2) is 0 Å². The molecule has 0 unspecified atom stereocenters. The summed E-state index contributed by atoms with van der Waals surface area (Å²) in [5.41, 5.74) is 3.58. The van der Waals surface area contributed by atoms with Crippen molar-refractivity contribution in [3.05, 3.63) is 39.4 Å². The van der Waals surface area contributed by atoms with E-state index in [1.54, 1.807) is 5.32 Å². The van der Waals surface area contributed by atoms with Gasteiger partial charge in [0.2, 0.25) is 0 Å². The van der Waals surface area contributed by atoms with Gasteiger partial charge in [0.25, 0.3) is 11.6 Å². The number of benzene rings is 1. The van der Waals surface area contributed by atoms with Crippen molar-refractivity contribution in [2.75, 3.05) is 0 Å². The molecule has 0 bridgehead atoms. The Bertz CT molecular complexity index is 659. The largest absolute Gasteiger partial charge is 0.508 e. The predicted octanol–water partition coefficient (Wildman–Crippen LogP) is 0.402. The minimum Gasteiger partial charge on any atom is -0.508 e. The Morgan fingerprint density at radius 2 is 2.15 bits per heavy atom. The maximum absolute atomic E-state index is 11.4. The molecule has 0 aromatic heterocycles. The second-order valence-electron chi connectivity index (χ2n) is 3.49. The van der Waals surface area contributed by atoms with Crippen LogP contribution < -0.4 is 11.1 Å². The van der Waals surface area contributed by atoms with Gasteiger partial charge < -0.3 is 10.8 Å². The van der Waals surface area contributed by atoms with Crippen LogP contribution in [0.25, 0.3) is 6.08 Å². The molecule has 9 nitrogen and oxygen atoms in total. The van der Waals surface area contributed by atoms with Crippen LogP contribution in [0.4, 0.5) is 10.5 Å². The van der Waals surface area contributed by atoms with Gasteiger partial charge in [0.1, 0.15) is 17.4 Å². The number of aromatic hydroxyl groups is 1. The highest BCUT2D eigenvalue weighted by Gasteiger charge is 2.16. The summed E-state index contributed by atoms with van der Waals surface area (Å²) < 4.78 is 0. The van der Waals surface area contributed by atoms with Crippen molar-refractivity contribution in [3.8, 4) is 11.8 Å². The Hall–Kier alpha value is -3.41. The number of hydrogen-bond donors (Lipinski definition) is 3. The van der Waals surface area contributed by atoms with Crippen LogP contribution >= 0.6 is 0 Å². The van der Waals surface area contributed by atoms with Gasteiger partial charge in [-0.25, -0.2) is 4.79 Å². The lowest BCUT2D eigenvalue weighted by Crippen LogP contribution is -2.35. The second kappa shape index (κ2) is 5.96. The average molecular weight is 276 g/mol. The number of nitro groups is 1. The summed E-state index contributed by atoms with van der Waals surface area (Å²) in [6.07, 6.45) is 0.871. The molecule has 9 heteroatoms. The average Bonchev–Trinajstić information content (AvgIpc) is 2.34. The monoisotopic (exact) mass is 276 g/mol. The van der Waals surface area contributed by atoms with E-state index >= 15 is 0 Å². The van der Waals surface area contributed by atoms with Crippen LogP contribution in [-0.4, -0.2) is 22.0 Å². The molecule has 0 aliphatic rings. The van der Waals surface area contributed by atoms with Gasteiger partial charge in [0, 0.05) is 6.07 Å². The van der Waals surface area contributed by atoms with Crippen LogP contribution in [0.5, 0.6) is 5.75 Å². The minimum atomic E-state index is -1.17. The fourth-order valence-electron chi connectivity index (χ4n) is 1.31. The first-order valence-electron chi connectivity index (χ1n) is 5.05. The summed E-state index contributed by atoms with van der Waals surface area (Å²) >= 11 is 0. The maximum Gasteiger partial charge on any atom is 0.319 e. The van der Waals surface area contributed by atoms with E-state index in [9.17, 15) is 24.8 Å². The standard InChI is InChI=1S/C11H8N4O5/c12-5-7(10(17)14-11(13)18)3-6-4-8(16)1-2-9(6)15(19)20/h1-4,16H,(H3,13,14,17,18)/b7-3-.